The van der Waals surface area contributed by atoms with Crippen LogP contribution < -0.4 is 11.1 Å². The number of nitrogens with zero attached hydrogens (tertiary/aromatic N) is 1. The summed E-state index contributed by atoms with van der Waals surface area (Å²) in [5, 5.41) is 13.4. The number of nitrogens with one attached hydrogen (secondary N) is 1. The fourth-order valence-corrected chi connectivity index (χ4v) is 5.63. The molecule has 2 aliphatic rings. The Bertz CT molecular complexity index is 1350. The number of halogens is 2. The van der Waals surface area contributed by atoms with Gasteiger partial charge >= 0.3 is 0 Å². The van der Waals surface area contributed by atoms with Crippen molar-refractivity contribution in [2.24, 2.45) is 11.1 Å². The van der Waals surface area contributed by atoms with Gasteiger partial charge in [0, 0.05) is 40.9 Å². The van der Waals surface area contributed by atoms with Crippen molar-refractivity contribution in [3.8, 4) is 11.1 Å². The quantitative estimate of drug-likeness (QED) is 0.488. The molecular formula is C27H29F2N3O3. The molecule has 6 nitrogen and oxygen atoms in total. The smallest absolute Gasteiger partial charge is 0.250 e. The van der Waals surface area contributed by atoms with Crippen LogP contribution in [0.5, 0.6) is 0 Å². The highest BCUT2D eigenvalue weighted by Gasteiger charge is 2.36. The highest BCUT2D eigenvalue weighted by Crippen LogP contribution is 2.44. The van der Waals surface area contributed by atoms with E-state index in [1.807, 2.05) is 13.8 Å². The number of hydrogen-bond donors (Lipinski definition) is 3. The first kappa shape index (κ1) is 23.5. The van der Waals surface area contributed by atoms with E-state index in [0.717, 1.165) is 18.9 Å². The standard InChI is InChI=1S/C27H29F2N3O3/c1-27(2)12-22-24(25-19(29)10-15(28)11-21(25)32(22)23(34)13-27)14-3-8-18(26(30)35)20(9-14)31-16-4-6-17(33)7-5-16/h3,8-11,16-17,31,33H,4-7,12-13H2,1-2H3,(H2,30,35)/t16-,17-. The van der Waals surface area contributed by atoms with Crippen LogP contribution in [0.15, 0.2) is 30.3 Å². The first-order chi connectivity index (χ1) is 16.5. The average Bonchev–Trinajstić information content (AvgIpc) is 3.08. The van der Waals surface area contributed by atoms with Gasteiger partial charge < -0.3 is 16.2 Å². The van der Waals surface area contributed by atoms with Crippen molar-refractivity contribution in [1.29, 1.82) is 0 Å². The summed E-state index contributed by atoms with van der Waals surface area (Å²) in [5.74, 6) is -2.28. The van der Waals surface area contributed by atoms with E-state index in [0.29, 0.717) is 47.3 Å². The lowest BCUT2D eigenvalue weighted by Crippen LogP contribution is -2.31. The number of amides is 1. The lowest BCUT2D eigenvalue weighted by atomic mass is 9.80. The number of rotatable bonds is 4. The molecule has 0 bridgehead atoms. The van der Waals surface area contributed by atoms with Crippen molar-refractivity contribution in [2.75, 3.05) is 5.32 Å². The number of hydrogen-bond acceptors (Lipinski definition) is 4. The van der Waals surface area contributed by atoms with E-state index in [2.05, 4.69) is 5.32 Å². The number of carbonyl (C=O) groups excluding carboxylic acids is 2. The number of aromatic nitrogens is 1. The molecule has 8 heteroatoms. The highest BCUT2D eigenvalue weighted by atomic mass is 19.1. The molecule has 4 N–H and O–H groups in total. The maximum Gasteiger partial charge on any atom is 0.250 e. The summed E-state index contributed by atoms with van der Waals surface area (Å²) in [6, 6.07) is 7.14. The van der Waals surface area contributed by atoms with E-state index < -0.39 is 17.5 Å². The Balaban J connectivity index is 1.70. The molecule has 1 amide bonds. The molecule has 2 heterocycles. The SMILES string of the molecule is CC1(C)CC(=O)n2c(c(-c3ccc(C(N)=O)c(N[C@H]4CC[C@H](O)CC4)c3)c3c(F)cc(F)cc32)C1. The molecule has 184 valence electrons. The van der Waals surface area contributed by atoms with Gasteiger partial charge in [-0.3, -0.25) is 14.2 Å². The topological polar surface area (TPSA) is 97.4 Å². The summed E-state index contributed by atoms with van der Waals surface area (Å²) in [6.07, 6.45) is 3.25. The molecule has 0 atom stereocenters. The summed E-state index contributed by atoms with van der Waals surface area (Å²) in [5.41, 5.74) is 8.10. The number of aliphatic hydroxyl groups excluding tert-OH is 1. The van der Waals surface area contributed by atoms with Crippen LogP contribution in [0.2, 0.25) is 0 Å². The molecule has 0 unspecified atom stereocenters. The lowest BCUT2D eigenvalue weighted by Gasteiger charge is -2.31. The number of fused-ring (bicyclic) bond motifs is 3. The molecule has 1 aliphatic carbocycles. The van der Waals surface area contributed by atoms with Gasteiger partial charge in [-0.05, 0) is 61.3 Å². The van der Waals surface area contributed by atoms with E-state index in [1.165, 1.54) is 10.6 Å². The maximum absolute atomic E-state index is 15.2. The zero-order chi connectivity index (χ0) is 25.1. The van der Waals surface area contributed by atoms with Crippen molar-refractivity contribution >= 4 is 28.4 Å². The van der Waals surface area contributed by atoms with Crippen LogP contribution in [0, 0.1) is 17.0 Å². The minimum atomic E-state index is -0.745. The summed E-state index contributed by atoms with van der Waals surface area (Å²) in [6.45, 7) is 3.96. The molecule has 0 spiro atoms. The molecule has 0 radical (unpaired) electrons. The van der Waals surface area contributed by atoms with Crippen LogP contribution in [0.1, 0.15) is 66.8 Å². The molecule has 5 rings (SSSR count). The Kier molecular flexibility index (Phi) is 5.67. The van der Waals surface area contributed by atoms with Gasteiger partial charge in [-0.1, -0.05) is 19.9 Å². The van der Waals surface area contributed by atoms with Crippen LogP contribution in [-0.4, -0.2) is 33.6 Å². The van der Waals surface area contributed by atoms with Crippen LogP contribution in [0.25, 0.3) is 22.0 Å². The van der Waals surface area contributed by atoms with Crippen molar-refractivity contribution in [3.05, 3.63) is 53.2 Å². The first-order valence-corrected chi connectivity index (χ1v) is 12.0. The molecule has 1 aromatic heterocycles. The van der Waals surface area contributed by atoms with E-state index in [1.54, 1.807) is 18.2 Å². The molecule has 35 heavy (non-hydrogen) atoms. The fraction of sp³-hybridized carbons (Fsp3) is 0.407. The molecule has 1 fully saturated rings. The summed E-state index contributed by atoms with van der Waals surface area (Å²) in [7, 11) is 0. The monoisotopic (exact) mass is 481 g/mol. The lowest BCUT2D eigenvalue weighted by molar-refractivity contribution is 0.0816. The third-order valence-corrected chi connectivity index (χ3v) is 7.24. The van der Waals surface area contributed by atoms with E-state index in [9.17, 15) is 19.1 Å². The average molecular weight is 482 g/mol. The second-order valence-corrected chi connectivity index (χ2v) is 10.6. The van der Waals surface area contributed by atoms with Crippen LogP contribution in [0.3, 0.4) is 0 Å². The zero-order valence-corrected chi connectivity index (χ0v) is 19.8. The molecule has 3 aromatic rings. The minimum Gasteiger partial charge on any atom is -0.393 e. The minimum absolute atomic E-state index is 0.0535. The first-order valence-electron chi connectivity index (χ1n) is 12.0. The van der Waals surface area contributed by atoms with Crippen LogP contribution in [0.4, 0.5) is 14.5 Å². The number of anilines is 1. The van der Waals surface area contributed by atoms with Gasteiger partial charge in [-0.2, -0.15) is 0 Å². The Morgan fingerprint density at radius 1 is 1.11 bits per heavy atom. The van der Waals surface area contributed by atoms with Crippen LogP contribution in [-0.2, 0) is 6.42 Å². The predicted octanol–water partition coefficient (Wildman–Crippen LogP) is 5.01. The van der Waals surface area contributed by atoms with Crippen molar-refractivity contribution in [1.82, 2.24) is 4.57 Å². The zero-order valence-electron chi connectivity index (χ0n) is 19.8. The van der Waals surface area contributed by atoms with Gasteiger partial charge in [0.05, 0.1) is 17.2 Å². The summed E-state index contributed by atoms with van der Waals surface area (Å²) < 4.78 is 30.9. The Labute approximate surface area is 202 Å². The number of aliphatic hydroxyl groups is 1. The maximum atomic E-state index is 15.2. The Morgan fingerprint density at radius 2 is 1.83 bits per heavy atom. The number of primary amides is 1. The van der Waals surface area contributed by atoms with E-state index in [-0.39, 0.29) is 40.8 Å². The van der Waals surface area contributed by atoms with Gasteiger partial charge in [-0.25, -0.2) is 8.78 Å². The van der Waals surface area contributed by atoms with Crippen molar-refractivity contribution in [3.63, 3.8) is 0 Å². The number of nitrogens with two attached hydrogens (primary N) is 1. The summed E-state index contributed by atoms with van der Waals surface area (Å²) in [4.78, 5) is 25.3. The molecule has 1 aliphatic heterocycles. The van der Waals surface area contributed by atoms with Crippen LogP contribution >= 0.6 is 0 Å². The Morgan fingerprint density at radius 3 is 2.51 bits per heavy atom. The highest BCUT2D eigenvalue weighted by molar-refractivity contribution is 6.06. The van der Waals surface area contributed by atoms with Gasteiger partial charge in [0.2, 0.25) is 5.91 Å². The number of carbonyl (C=O) groups is 2. The van der Waals surface area contributed by atoms with Gasteiger partial charge in [0.15, 0.2) is 0 Å². The second-order valence-electron chi connectivity index (χ2n) is 10.6. The van der Waals surface area contributed by atoms with Gasteiger partial charge in [0.1, 0.15) is 11.6 Å². The van der Waals surface area contributed by atoms with E-state index >= 15 is 4.39 Å². The molecule has 0 saturated heterocycles. The molecular weight excluding hydrogens is 452 g/mol. The largest absolute Gasteiger partial charge is 0.393 e. The number of benzene rings is 2. The fourth-order valence-electron chi connectivity index (χ4n) is 5.63. The van der Waals surface area contributed by atoms with E-state index in [4.69, 9.17) is 5.73 Å². The molecule has 2 aromatic carbocycles. The summed E-state index contributed by atoms with van der Waals surface area (Å²) >= 11 is 0. The van der Waals surface area contributed by atoms with Crippen molar-refractivity contribution < 1.29 is 23.5 Å². The predicted molar refractivity (Wildman–Crippen MR) is 130 cm³/mol. The third kappa shape index (κ3) is 4.20. The third-order valence-electron chi connectivity index (χ3n) is 7.24. The normalized spacial score (nSPS) is 21.7. The molecule has 1 saturated carbocycles. The second kappa shape index (κ2) is 8.45. The van der Waals surface area contributed by atoms with Crippen molar-refractivity contribution in [2.45, 2.75) is 64.5 Å². The van der Waals surface area contributed by atoms with Gasteiger partial charge in [-0.15, -0.1) is 0 Å². The van der Waals surface area contributed by atoms with Gasteiger partial charge in [0.25, 0.3) is 5.91 Å². The Hall–Kier alpha value is -3.26.